The van der Waals surface area contributed by atoms with Gasteiger partial charge in [-0.2, -0.15) is 5.10 Å². The van der Waals surface area contributed by atoms with E-state index in [0.717, 1.165) is 22.2 Å². The van der Waals surface area contributed by atoms with E-state index >= 15 is 0 Å². The number of aromatic nitrogens is 3. The van der Waals surface area contributed by atoms with Gasteiger partial charge in [-0.05, 0) is 56.0 Å². The van der Waals surface area contributed by atoms with E-state index < -0.39 is 5.60 Å². The summed E-state index contributed by atoms with van der Waals surface area (Å²) in [5.74, 6) is 0.0754. The van der Waals surface area contributed by atoms with Crippen LogP contribution in [0.5, 0.6) is 0 Å². The van der Waals surface area contributed by atoms with Crippen molar-refractivity contribution in [2.24, 2.45) is 0 Å². The zero-order valence-corrected chi connectivity index (χ0v) is 16.4. The molecule has 146 valence electrons. The van der Waals surface area contributed by atoms with Crippen LogP contribution in [0.3, 0.4) is 0 Å². The molecular formula is C22H26N4O2. The Morgan fingerprint density at radius 3 is 2.71 bits per heavy atom. The first-order valence-corrected chi connectivity index (χ1v) is 9.88. The Morgan fingerprint density at radius 1 is 1.25 bits per heavy atom. The third kappa shape index (κ3) is 3.40. The van der Waals surface area contributed by atoms with Gasteiger partial charge in [-0.1, -0.05) is 19.1 Å². The summed E-state index contributed by atoms with van der Waals surface area (Å²) in [6.07, 6.45) is 5.27. The lowest BCUT2D eigenvalue weighted by Crippen LogP contribution is -2.47. The smallest absolute Gasteiger partial charge is 0.247 e. The number of benzene rings is 1. The van der Waals surface area contributed by atoms with Crippen molar-refractivity contribution >= 4 is 16.8 Å². The fourth-order valence-corrected chi connectivity index (χ4v) is 4.05. The van der Waals surface area contributed by atoms with Gasteiger partial charge in [0.25, 0.3) is 0 Å². The Balaban J connectivity index is 1.49. The highest BCUT2D eigenvalue weighted by Gasteiger charge is 2.37. The van der Waals surface area contributed by atoms with Gasteiger partial charge in [-0.15, -0.1) is 0 Å². The van der Waals surface area contributed by atoms with E-state index in [1.54, 1.807) is 10.9 Å². The van der Waals surface area contributed by atoms with Gasteiger partial charge in [-0.25, -0.2) is 0 Å². The Morgan fingerprint density at radius 2 is 2.04 bits per heavy atom. The molecule has 0 saturated carbocycles. The molecule has 6 heteroatoms. The van der Waals surface area contributed by atoms with Gasteiger partial charge in [0, 0.05) is 36.6 Å². The van der Waals surface area contributed by atoms with Gasteiger partial charge in [0.05, 0.1) is 11.1 Å². The number of pyridine rings is 1. The number of likely N-dealkylation sites (tertiary alicyclic amines) is 1. The van der Waals surface area contributed by atoms with Gasteiger partial charge in [-0.3, -0.25) is 14.5 Å². The zero-order valence-electron chi connectivity index (χ0n) is 16.4. The fraction of sp³-hybridized carbons (Fsp3) is 0.409. The number of piperidine rings is 1. The number of hydrogen-bond acceptors (Lipinski definition) is 4. The lowest BCUT2D eigenvalue weighted by molar-refractivity contribution is -0.139. The molecule has 0 bridgehead atoms. The van der Waals surface area contributed by atoms with Crippen LogP contribution in [0.2, 0.25) is 0 Å². The first kappa shape index (κ1) is 18.6. The minimum Gasteiger partial charge on any atom is -0.385 e. The molecule has 1 amide bonds. The van der Waals surface area contributed by atoms with Crippen molar-refractivity contribution in [3.05, 3.63) is 60.0 Å². The van der Waals surface area contributed by atoms with Crippen LogP contribution in [-0.4, -0.2) is 43.8 Å². The molecule has 1 aliphatic heterocycles. The number of fused-ring (bicyclic) bond motifs is 1. The highest BCUT2D eigenvalue weighted by molar-refractivity contribution is 5.81. The molecule has 1 saturated heterocycles. The van der Waals surface area contributed by atoms with Gasteiger partial charge in [0.2, 0.25) is 5.91 Å². The molecule has 1 aromatic carbocycles. The number of carbonyl (C=O) groups is 1. The van der Waals surface area contributed by atoms with Crippen molar-refractivity contribution in [1.29, 1.82) is 0 Å². The summed E-state index contributed by atoms with van der Waals surface area (Å²) in [4.78, 5) is 19.3. The van der Waals surface area contributed by atoms with Crippen LogP contribution < -0.4 is 0 Å². The van der Waals surface area contributed by atoms with Crippen LogP contribution in [0.1, 0.15) is 43.5 Å². The van der Waals surface area contributed by atoms with E-state index in [1.165, 1.54) is 0 Å². The van der Waals surface area contributed by atoms with Crippen LogP contribution in [0, 0.1) is 6.92 Å². The molecule has 3 aromatic rings. The number of hydrogen-bond donors (Lipinski definition) is 1. The summed E-state index contributed by atoms with van der Waals surface area (Å²) in [6.45, 7) is 5.05. The number of nitrogens with zero attached hydrogens (tertiary/aromatic N) is 4. The molecule has 0 spiro atoms. The number of aryl methyl sites for hydroxylation is 1. The molecule has 0 radical (unpaired) electrons. The van der Waals surface area contributed by atoms with Crippen molar-refractivity contribution in [1.82, 2.24) is 19.7 Å². The highest BCUT2D eigenvalue weighted by atomic mass is 16.3. The number of amides is 1. The van der Waals surface area contributed by atoms with E-state index in [2.05, 4.69) is 10.1 Å². The molecule has 0 aliphatic carbocycles. The van der Waals surface area contributed by atoms with Gasteiger partial charge in [0.1, 0.15) is 6.04 Å². The molecule has 2 aromatic heterocycles. The van der Waals surface area contributed by atoms with Crippen molar-refractivity contribution < 1.29 is 9.90 Å². The Hall–Kier alpha value is -2.73. The van der Waals surface area contributed by atoms with Gasteiger partial charge >= 0.3 is 0 Å². The van der Waals surface area contributed by atoms with Crippen LogP contribution in [0.25, 0.3) is 10.9 Å². The van der Waals surface area contributed by atoms with E-state index in [1.807, 2.05) is 61.3 Å². The average molecular weight is 378 g/mol. The molecule has 1 N–H and O–H groups in total. The molecule has 28 heavy (non-hydrogen) atoms. The maximum absolute atomic E-state index is 13.0. The maximum Gasteiger partial charge on any atom is 0.247 e. The monoisotopic (exact) mass is 378 g/mol. The van der Waals surface area contributed by atoms with Gasteiger partial charge in [0.15, 0.2) is 0 Å². The predicted molar refractivity (Wildman–Crippen MR) is 108 cm³/mol. The third-order valence-corrected chi connectivity index (χ3v) is 5.78. The number of aliphatic hydroxyl groups is 1. The van der Waals surface area contributed by atoms with Gasteiger partial charge < -0.3 is 10.0 Å². The minimum absolute atomic E-state index is 0.0754. The summed E-state index contributed by atoms with van der Waals surface area (Å²) in [5.41, 5.74) is 1.90. The van der Waals surface area contributed by atoms with E-state index in [9.17, 15) is 9.90 Å². The maximum atomic E-state index is 13.0. The second-order valence-corrected chi connectivity index (χ2v) is 7.63. The standard InChI is InChI=1S/C22H26N4O2/c1-3-20(26-12-4-11-23-26)21(27)25-13-9-22(28,10-14-25)18-7-8-19-17(15-18)6-5-16(2)24-19/h4-8,11-12,15,20,28H,3,9-10,13-14H2,1-2H3/t20-/m0/s1. The van der Waals surface area contributed by atoms with Crippen molar-refractivity contribution in [2.45, 2.75) is 44.8 Å². The molecule has 6 nitrogen and oxygen atoms in total. The molecule has 0 unspecified atom stereocenters. The topological polar surface area (TPSA) is 71.2 Å². The largest absolute Gasteiger partial charge is 0.385 e. The summed E-state index contributed by atoms with van der Waals surface area (Å²) in [6, 6.07) is 11.5. The third-order valence-electron chi connectivity index (χ3n) is 5.78. The van der Waals surface area contributed by atoms with Crippen LogP contribution in [0.15, 0.2) is 48.8 Å². The second kappa shape index (κ2) is 7.36. The SMILES string of the molecule is CC[C@@H](C(=O)N1CCC(O)(c2ccc3nc(C)ccc3c2)CC1)n1cccn1. The second-order valence-electron chi connectivity index (χ2n) is 7.63. The average Bonchev–Trinajstić information content (AvgIpc) is 3.23. The Bertz CT molecular complexity index is 975. The summed E-state index contributed by atoms with van der Waals surface area (Å²) in [7, 11) is 0. The quantitative estimate of drug-likeness (QED) is 0.757. The number of rotatable bonds is 4. The van der Waals surface area contributed by atoms with Crippen LogP contribution in [-0.2, 0) is 10.4 Å². The lowest BCUT2D eigenvalue weighted by Gasteiger charge is -2.39. The summed E-state index contributed by atoms with van der Waals surface area (Å²) < 4.78 is 1.72. The minimum atomic E-state index is -0.913. The molecule has 3 heterocycles. The number of carbonyl (C=O) groups excluding carboxylic acids is 1. The normalized spacial score (nSPS) is 17.6. The fourth-order valence-electron chi connectivity index (χ4n) is 4.05. The summed E-state index contributed by atoms with van der Waals surface area (Å²) >= 11 is 0. The van der Waals surface area contributed by atoms with E-state index in [-0.39, 0.29) is 11.9 Å². The van der Waals surface area contributed by atoms with Crippen molar-refractivity contribution in [3.8, 4) is 0 Å². The molecular weight excluding hydrogens is 352 g/mol. The van der Waals surface area contributed by atoms with Crippen molar-refractivity contribution in [3.63, 3.8) is 0 Å². The highest BCUT2D eigenvalue weighted by Crippen LogP contribution is 2.35. The molecule has 1 aliphatic rings. The predicted octanol–water partition coefficient (Wildman–Crippen LogP) is 3.20. The summed E-state index contributed by atoms with van der Waals surface area (Å²) in [5, 5.41) is 16.5. The van der Waals surface area contributed by atoms with E-state index in [4.69, 9.17) is 0 Å². The molecule has 4 rings (SSSR count). The zero-order chi connectivity index (χ0) is 19.7. The molecule has 1 atom stereocenters. The van der Waals surface area contributed by atoms with Crippen LogP contribution >= 0.6 is 0 Å². The lowest BCUT2D eigenvalue weighted by atomic mass is 9.83. The first-order chi connectivity index (χ1) is 13.5. The Labute approximate surface area is 164 Å². The van der Waals surface area contributed by atoms with Crippen molar-refractivity contribution in [2.75, 3.05) is 13.1 Å². The molecule has 1 fully saturated rings. The Kier molecular flexibility index (Phi) is 4.89. The van der Waals surface area contributed by atoms with Crippen LogP contribution in [0.4, 0.5) is 0 Å². The van der Waals surface area contributed by atoms with E-state index in [0.29, 0.717) is 32.4 Å². The first-order valence-electron chi connectivity index (χ1n) is 9.88.